The Labute approximate surface area is 161 Å². The van der Waals surface area contributed by atoms with Crippen LogP contribution in [0.4, 0.5) is 0 Å². The molecule has 4 heteroatoms. The molecule has 0 saturated carbocycles. The van der Waals surface area contributed by atoms with Gasteiger partial charge in [0, 0.05) is 0 Å². The van der Waals surface area contributed by atoms with Gasteiger partial charge in [0.05, 0.1) is 11.1 Å². The van der Waals surface area contributed by atoms with E-state index < -0.39 is 23.1 Å². The summed E-state index contributed by atoms with van der Waals surface area (Å²) in [5.74, 6) is -0.833. The number of esters is 2. The number of benzene rings is 2. The van der Waals surface area contributed by atoms with Gasteiger partial charge in [-0.15, -0.1) is 0 Å². The van der Waals surface area contributed by atoms with Gasteiger partial charge in [-0.3, -0.25) is 0 Å². The van der Waals surface area contributed by atoms with Crippen LogP contribution in [0.2, 0.25) is 0 Å². The fraction of sp³-hybridized carbons (Fsp3) is 0.391. The first-order valence-corrected chi connectivity index (χ1v) is 9.42. The van der Waals surface area contributed by atoms with Crippen LogP contribution in [0.15, 0.2) is 60.7 Å². The lowest BCUT2D eigenvalue weighted by Crippen LogP contribution is -2.55. The Morgan fingerprint density at radius 3 is 1.52 bits per heavy atom. The van der Waals surface area contributed by atoms with Crippen LogP contribution in [0.5, 0.6) is 0 Å². The number of carbonyl (C=O) groups is 2. The van der Waals surface area contributed by atoms with Crippen LogP contribution in [-0.2, 0) is 9.47 Å². The van der Waals surface area contributed by atoms with Crippen molar-refractivity contribution in [2.24, 2.45) is 0 Å². The summed E-state index contributed by atoms with van der Waals surface area (Å²) in [5, 5.41) is 0. The third-order valence-corrected chi connectivity index (χ3v) is 5.18. The Balaban J connectivity index is 2.29. The van der Waals surface area contributed by atoms with E-state index in [1.807, 2.05) is 39.8 Å². The zero-order valence-corrected chi connectivity index (χ0v) is 16.5. The molecular weight excluding hydrogens is 340 g/mol. The van der Waals surface area contributed by atoms with Gasteiger partial charge in [0.25, 0.3) is 0 Å². The molecule has 0 aliphatic carbocycles. The summed E-state index contributed by atoms with van der Waals surface area (Å²) in [7, 11) is 0. The van der Waals surface area contributed by atoms with Crippen molar-refractivity contribution in [3.05, 3.63) is 71.8 Å². The van der Waals surface area contributed by atoms with E-state index in [-0.39, 0.29) is 0 Å². The Bertz CT molecular complexity index is 756. The molecule has 0 amide bonds. The van der Waals surface area contributed by atoms with Gasteiger partial charge in [0.15, 0.2) is 0 Å². The quantitative estimate of drug-likeness (QED) is 0.583. The summed E-state index contributed by atoms with van der Waals surface area (Å²) < 4.78 is 11.9. The van der Waals surface area contributed by atoms with Crippen LogP contribution in [0.25, 0.3) is 0 Å². The van der Waals surface area contributed by atoms with E-state index in [4.69, 9.17) is 9.47 Å². The normalized spacial score (nSPS) is 15.3. The van der Waals surface area contributed by atoms with Crippen molar-refractivity contribution in [3.63, 3.8) is 0 Å². The fourth-order valence-corrected chi connectivity index (χ4v) is 3.13. The molecule has 0 aliphatic rings. The molecule has 2 unspecified atom stereocenters. The van der Waals surface area contributed by atoms with Gasteiger partial charge >= 0.3 is 11.9 Å². The molecule has 0 spiro atoms. The van der Waals surface area contributed by atoms with Crippen molar-refractivity contribution in [2.75, 3.05) is 0 Å². The Hall–Kier alpha value is -2.62. The summed E-state index contributed by atoms with van der Waals surface area (Å²) in [4.78, 5) is 25.4. The lowest BCUT2D eigenvalue weighted by molar-refractivity contribution is -0.147. The van der Waals surface area contributed by atoms with Crippen LogP contribution in [0.1, 0.15) is 67.7 Å². The monoisotopic (exact) mass is 368 g/mol. The van der Waals surface area contributed by atoms with Crippen LogP contribution in [-0.4, -0.2) is 23.1 Å². The molecule has 2 atom stereocenters. The summed E-state index contributed by atoms with van der Waals surface area (Å²) in [6.45, 7) is 7.63. The van der Waals surface area contributed by atoms with Gasteiger partial charge in [-0.05, 0) is 51.0 Å². The second-order valence-corrected chi connectivity index (χ2v) is 7.08. The predicted molar refractivity (Wildman–Crippen MR) is 106 cm³/mol. The van der Waals surface area contributed by atoms with Gasteiger partial charge in [0.1, 0.15) is 11.2 Å². The molecule has 0 aromatic heterocycles. The fourth-order valence-electron chi connectivity index (χ4n) is 3.13. The average Bonchev–Trinajstić information content (AvgIpc) is 2.69. The SMILES string of the molecule is CCCC(C)(OC(=O)c1ccccc1)C(C)(CC)OC(=O)c1ccccc1. The topological polar surface area (TPSA) is 52.6 Å². The number of carbonyl (C=O) groups excluding carboxylic acids is 2. The molecule has 0 heterocycles. The van der Waals surface area contributed by atoms with E-state index >= 15 is 0 Å². The van der Waals surface area contributed by atoms with E-state index in [1.165, 1.54) is 0 Å². The average molecular weight is 368 g/mol. The molecule has 0 fully saturated rings. The highest BCUT2D eigenvalue weighted by Crippen LogP contribution is 2.38. The van der Waals surface area contributed by atoms with Crippen LogP contribution < -0.4 is 0 Å². The zero-order valence-electron chi connectivity index (χ0n) is 16.5. The molecule has 27 heavy (non-hydrogen) atoms. The van der Waals surface area contributed by atoms with Gasteiger partial charge in [-0.1, -0.05) is 56.7 Å². The maximum absolute atomic E-state index is 12.7. The third kappa shape index (κ3) is 4.76. The molecule has 144 valence electrons. The Morgan fingerprint density at radius 2 is 1.15 bits per heavy atom. The third-order valence-electron chi connectivity index (χ3n) is 5.18. The maximum atomic E-state index is 12.7. The van der Waals surface area contributed by atoms with Crippen molar-refractivity contribution in [1.82, 2.24) is 0 Å². The molecule has 2 aromatic carbocycles. The molecule has 0 bridgehead atoms. The lowest BCUT2D eigenvalue weighted by atomic mass is 9.79. The smallest absolute Gasteiger partial charge is 0.338 e. The highest BCUT2D eigenvalue weighted by atomic mass is 16.6. The van der Waals surface area contributed by atoms with Gasteiger partial charge < -0.3 is 9.47 Å². The standard InChI is InChI=1S/C23H28O4/c1-5-17-23(4,27-21(25)19-15-11-8-12-16-19)22(3,6-2)26-20(24)18-13-9-7-10-14-18/h7-16H,5-6,17H2,1-4H3. The molecule has 4 nitrogen and oxygen atoms in total. The molecular formula is C23H28O4. The highest BCUT2D eigenvalue weighted by Gasteiger charge is 2.49. The lowest BCUT2D eigenvalue weighted by Gasteiger charge is -2.44. The number of hydrogen-bond donors (Lipinski definition) is 0. The number of rotatable bonds is 8. The van der Waals surface area contributed by atoms with Gasteiger partial charge in [0.2, 0.25) is 0 Å². The zero-order chi connectivity index (χ0) is 19.9. The van der Waals surface area contributed by atoms with Crippen LogP contribution in [0, 0.1) is 0 Å². The van der Waals surface area contributed by atoms with E-state index in [9.17, 15) is 9.59 Å². The van der Waals surface area contributed by atoms with Crippen molar-refractivity contribution < 1.29 is 19.1 Å². The molecule has 0 saturated heterocycles. The number of ether oxygens (including phenoxy) is 2. The first-order valence-electron chi connectivity index (χ1n) is 9.42. The minimum absolute atomic E-state index is 0.415. The predicted octanol–water partition coefficient (Wildman–Crippen LogP) is 5.43. The molecule has 2 aromatic rings. The minimum Gasteiger partial charge on any atom is -0.452 e. The summed E-state index contributed by atoms with van der Waals surface area (Å²) >= 11 is 0. The van der Waals surface area contributed by atoms with Crippen LogP contribution in [0.3, 0.4) is 0 Å². The van der Waals surface area contributed by atoms with Crippen molar-refractivity contribution in [3.8, 4) is 0 Å². The molecule has 0 aliphatic heterocycles. The summed E-state index contributed by atoms with van der Waals surface area (Å²) in [6, 6.07) is 17.7. The molecule has 0 N–H and O–H groups in total. The van der Waals surface area contributed by atoms with Crippen molar-refractivity contribution in [1.29, 1.82) is 0 Å². The largest absolute Gasteiger partial charge is 0.452 e. The second kappa shape index (κ2) is 8.85. The van der Waals surface area contributed by atoms with E-state index in [0.29, 0.717) is 24.0 Å². The first kappa shape index (κ1) is 20.7. The van der Waals surface area contributed by atoms with Gasteiger partial charge in [-0.2, -0.15) is 0 Å². The minimum atomic E-state index is -0.958. The first-order chi connectivity index (χ1) is 12.8. The molecule has 2 rings (SSSR count). The summed E-state index contributed by atoms with van der Waals surface area (Å²) in [6.07, 6.45) is 1.89. The maximum Gasteiger partial charge on any atom is 0.338 e. The van der Waals surface area contributed by atoms with Crippen molar-refractivity contribution >= 4 is 11.9 Å². The number of hydrogen-bond acceptors (Lipinski definition) is 4. The second-order valence-electron chi connectivity index (χ2n) is 7.08. The van der Waals surface area contributed by atoms with Crippen LogP contribution >= 0.6 is 0 Å². The highest BCUT2D eigenvalue weighted by molar-refractivity contribution is 5.90. The van der Waals surface area contributed by atoms with Crippen molar-refractivity contribution in [2.45, 2.75) is 58.2 Å². The summed E-state index contributed by atoms with van der Waals surface area (Å²) in [5.41, 5.74) is -0.952. The van der Waals surface area contributed by atoms with Gasteiger partial charge in [-0.25, -0.2) is 9.59 Å². The Kier molecular flexibility index (Phi) is 6.78. The molecule has 0 radical (unpaired) electrons. The Morgan fingerprint density at radius 1 is 0.741 bits per heavy atom. The van der Waals surface area contributed by atoms with E-state index in [0.717, 1.165) is 6.42 Å². The van der Waals surface area contributed by atoms with E-state index in [1.54, 1.807) is 48.5 Å². The van der Waals surface area contributed by atoms with E-state index in [2.05, 4.69) is 0 Å².